The van der Waals surface area contributed by atoms with Crippen LogP contribution in [0.15, 0.2) is 54.7 Å². The van der Waals surface area contributed by atoms with E-state index in [1.807, 2.05) is 37.3 Å². The van der Waals surface area contributed by atoms with Gasteiger partial charge in [-0.1, -0.05) is 30.3 Å². The van der Waals surface area contributed by atoms with E-state index in [4.69, 9.17) is 19.2 Å². The summed E-state index contributed by atoms with van der Waals surface area (Å²) in [5.74, 6) is 0.218. The maximum atomic E-state index is 11.6. The van der Waals surface area contributed by atoms with E-state index in [-0.39, 0.29) is 11.4 Å². The van der Waals surface area contributed by atoms with Crippen LogP contribution < -0.4 is 9.47 Å². The highest BCUT2D eigenvalue weighted by atomic mass is 16.5. The van der Waals surface area contributed by atoms with Crippen molar-refractivity contribution in [2.45, 2.75) is 45.8 Å². The van der Waals surface area contributed by atoms with Gasteiger partial charge in [0.2, 0.25) is 5.88 Å². The zero-order valence-corrected chi connectivity index (χ0v) is 24.3. The molecule has 0 saturated carbocycles. The van der Waals surface area contributed by atoms with Crippen LogP contribution in [-0.2, 0) is 24.2 Å². The second-order valence-electron chi connectivity index (χ2n) is 10.9. The van der Waals surface area contributed by atoms with Crippen LogP contribution >= 0.6 is 0 Å². The van der Waals surface area contributed by atoms with Crippen LogP contribution in [0, 0.1) is 13.8 Å². The number of aromatic carboxylic acids is 1. The first kappa shape index (κ1) is 27.9. The molecule has 0 aliphatic carbocycles. The van der Waals surface area contributed by atoms with Crippen molar-refractivity contribution < 1.29 is 24.1 Å². The molecule has 0 amide bonds. The minimum atomic E-state index is -1.11. The number of fused-ring (bicyclic) bond motifs is 1. The summed E-state index contributed by atoms with van der Waals surface area (Å²) in [6.45, 7) is 8.57. The van der Waals surface area contributed by atoms with Crippen molar-refractivity contribution in [2.24, 2.45) is 0 Å². The molecular weight excluding hydrogens is 532 g/mol. The molecule has 2 aromatic heterocycles. The minimum Gasteiger partial charge on any atom is -0.488 e. The van der Waals surface area contributed by atoms with E-state index in [1.54, 1.807) is 6.07 Å². The molecule has 6 rings (SSSR count). The first-order valence-electron chi connectivity index (χ1n) is 14.4. The molecular formula is C33H36N4O5. The molecule has 2 aromatic carbocycles. The van der Waals surface area contributed by atoms with Crippen LogP contribution in [-0.4, -0.2) is 70.2 Å². The van der Waals surface area contributed by atoms with E-state index in [0.717, 1.165) is 62.4 Å². The van der Waals surface area contributed by atoms with Crippen molar-refractivity contribution in [3.05, 3.63) is 88.1 Å². The molecule has 0 spiro atoms. The number of pyridine rings is 1. The van der Waals surface area contributed by atoms with E-state index in [2.05, 4.69) is 29.1 Å². The number of hydrogen-bond donors (Lipinski definition) is 1. The summed E-state index contributed by atoms with van der Waals surface area (Å²) in [6.07, 6.45) is 4.50. The molecule has 9 nitrogen and oxygen atoms in total. The van der Waals surface area contributed by atoms with E-state index in [1.165, 1.54) is 40.2 Å². The fourth-order valence-electron chi connectivity index (χ4n) is 6.14. The zero-order chi connectivity index (χ0) is 29.2. The first-order chi connectivity index (χ1) is 20.4. The number of aromatic nitrogens is 3. The lowest BCUT2D eigenvalue weighted by Crippen LogP contribution is -2.37. The van der Waals surface area contributed by atoms with Gasteiger partial charge in [0.25, 0.3) is 0 Å². The number of nitrogens with zero attached hydrogens (tertiary/aromatic N) is 4. The number of carboxylic acid groups (broad SMARTS) is 1. The van der Waals surface area contributed by atoms with Crippen LogP contribution in [0.4, 0.5) is 0 Å². The number of methoxy groups -OCH3 is 1. The van der Waals surface area contributed by atoms with Crippen LogP contribution in [0.3, 0.4) is 0 Å². The molecule has 1 atom stereocenters. The van der Waals surface area contributed by atoms with Crippen LogP contribution in [0.25, 0.3) is 17.1 Å². The average Bonchev–Trinajstić information content (AvgIpc) is 3.64. The van der Waals surface area contributed by atoms with Gasteiger partial charge in [-0.3, -0.25) is 4.90 Å². The third-order valence-electron chi connectivity index (χ3n) is 8.51. The zero-order valence-electron chi connectivity index (χ0n) is 24.3. The van der Waals surface area contributed by atoms with E-state index in [0.29, 0.717) is 24.2 Å². The van der Waals surface area contributed by atoms with Gasteiger partial charge in [-0.15, -0.1) is 0 Å². The lowest BCUT2D eigenvalue weighted by atomic mass is 9.94. The highest BCUT2D eigenvalue weighted by Gasteiger charge is 2.26. The molecule has 42 heavy (non-hydrogen) atoms. The average molecular weight is 569 g/mol. The highest BCUT2D eigenvalue weighted by Crippen LogP contribution is 2.34. The standard InChI is InChI=1S/C33H36N4O5/c1-21-6-4-7-27(29-8-5-9-30(35-29)37-32(40-3)28(18-34-37)33(38)39)31(21)42-19-24-11-10-23-12-15-36(25-14-17-41-20-25)16-13-26(23)22(24)2/h4-11,18,25H,12-17,19-20H2,1-3H3,(H,38,39). The van der Waals surface area contributed by atoms with Gasteiger partial charge in [-0.25, -0.2) is 9.78 Å². The van der Waals surface area contributed by atoms with Gasteiger partial charge in [-0.2, -0.15) is 9.78 Å². The minimum absolute atomic E-state index is 0.0272. The molecule has 2 aliphatic rings. The Morgan fingerprint density at radius 3 is 2.71 bits per heavy atom. The van der Waals surface area contributed by atoms with E-state index in [9.17, 15) is 9.90 Å². The molecule has 1 saturated heterocycles. The Balaban J connectivity index is 1.25. The second-order valence-corrected chi connectivity index (χ2v) is 10.9. The molecule has 4 heterocycles. The maximum absolute atomic E-state index is 11.6. The Kier molecular flexibility index (Phi) is 7.95. The Morgan fingerprint density at radius 1 is 1.10 bits per heavy atom. The molecule has 0 radical (unpaired) electrons. The summed E-state index contributed by atoms with van der Waals surface area (Å²) in [6, 6.07) is 16.6. The second kappa shape index (κ2) is 12.0. The molecule has 2 aliphatic heterocycles. The largest absolute Gasteiger partial charge is 0.488 e. The summed E-state index contributed by atoms with van der Waals surface area (Å²) in [7, 11) is 1.42. The number of carbonyl (C=O) groups is 1. The van der Waals surface area contributed by atoms with Crippen LogP contribution in [0.2, 0.25) is 0 Å². The van der Waals surface area contributed by atoms with Gasteiger partial charge < -0.3 is 19.3 Å². The molecule has 1 unspecified atom stereocenters. The van der Waals surface area contributed by atoms with Crippen molar-refractivity contribution in [2.75, 3.05) is 33.4 Å². The lowest BCUT2D eigenvalue weighted by Gasteiger charge is -2.25. The van der Waals surface area contributed by atoms with Gasteiger partial charge in [0, 0.05) is 31.3 Å². The Labute approximate surface area is 245 Å². The fourth-order valence-corrected chi connectivity index (χ4v) is 6.14. The smallest absolute Gasteiger partial charge is 0.342 e. The first-order valence-corrected chi connectivity index (χ1v) is 14.4. The molecule has 1 fully saturated rings. The van der Waals surface area contributed by atoms with Gasteiger partial charge >= 0.3 is 5.97 Å². The van der Waals surface area contributed by atoms with Crippen LogP contribution in [0.1, 0.15) is 44.6 Å². The predicted molar refractivity (Wildman–Crippen MR) is 159 cm³/mol. The number of carboxylic acids is 1. The van der Waals surface area contributed by atoms with Crippen molar-refractivity contribution in [3.8, 4) is 28.7 Å². The predicted octanol–water partition coefficient (Wildman–Crippen LogP) is 5.03. The summed E-state index contributed by atoms with van der Waals surface area (Å²) >= 11 is 0. The molecule has 218 valence electrons. The third-order valence-corrected chi connectivity index (χ3v) is 8.51. The molecule has 9 heteroatoms. The summed E-state index contributed by atoms with van der Waals surface area (Å²) < 4.78 is 18.9. The fraction of sp³-hybridized carbons (Fsp3) is 0.364. The monoisotopic (exact) mass is 568 g/mol. The molecule has 4 aromatic rings. The third kappa shape index (κ3) is 5.37. The number of aryl methyl sites for hydroxylation is 1. The number of hydrogen-bond acceptors (Lipinski definition) is 7. The van der Waals surface area contributed by atoms with Crippen molar-refractivity contribution >= 4 is 5.97 Å². The van der Waals surface area contributed by atoms with Crippen LogP contribution in [0.5, 0.6) is 11.6 Å². The summed E-state index contributed by atoms with van der Waals surface area (Å²) in [5.41, 5.74) is 7.91. The molecule has 0 bridgehead atoms. The van der Waals surface area contributed by atoms with Crippen molar-refractivity contribution in [1.82, 2.24) is 19.7 Å². The lowest BCUT2D eigenvalue weighted by molar-refractivity contribution is 0.0693. The van der Waals surface area contributed by atoms with Crippen molar-refractivity contribution in [1.29, 1.82) is 0 Å². The quantitative estimate of drug-likeness (QED) is 0.316. The Hall–Kier alpha value is -4.21. The van der Waals surface area contributed by atoms with Crippen molar-refractivity contribution in [3.63, 3.8) is 0 Å². The Bertz CT molecular complexity index is 1610. The molecule has 1 N–H and O–H groups in total. The van der Waals surface area contributed by atoms with Gasteiger partial charge in [-0.05, 0) is 79.1 Å². The van der Waals surface area contributed by atoms with E-state index >= 15 is 0 Å². The number of benzene rings is 2. The normalized spacial score (nSPS) is 17.1. The topological polar surface area (TPSA) is 98.9 Å². The number of para-hydroxylation sites is 1. The maximum Gasteiger partial charge on any atom is 0.342 e. The van der Waals surface area contributed by atoms with Gasteiger partial charge in [0.05, 0.1) is 25.6 Å². The highest BCUT2D eigenvalue weighted by molar-refractivity contribution is 5.90. The summed E-state index contributed by atoms with van der Waals surface area (Å²) in [4.78, 5) is 19.0. The van der Waals surface area contributed by atoms with Gasteiger partial charge in [0.1, 0.15) is 17.9 Å². The SMILES string of the molecule is COc1c(C(=O)O)cnn1-c1cccc(-c2cccc(C)c2OCc2ccc3c(c2C)CCN(C2CCOC2)CC3)n1. The van der Waals surface area contributed by atoms with Gasteiger partial charge in [0.15, 0.2) is 5.82 Å². The number of rotatable bonds is 8. The number of ether oxygens (including phenoxy) is 3. The summed E-state index contributed by atoms with van der Waals surface area (Å²) in [5, 5.41) is 13.7. The Morgan fingerprint density at radius 2 is 1.93 bits per heavy atom. The van der Waals surface area contributed by atoms with E-state index < -0.39 is 5.97 Å².